The average molecular weight is 220 g/mol. The molecule has 0 spiro atoms. The van der Waals surface area contributed by atoms with Crippen molar-refractivity contribution in [1.29, 1.82) is 0 Å². The van der Waals surface area contributed by atoms with Gasteiger partial charge in [0.1, 0.15) is 0 Å². The lowest BCUT2D eigenvalue weighted by Crippen LogP contribution is -2.40. The zero-order chi connectivity index (χ0) is 12.0. The first kappa shape index (κ1) is 12.6. The number of benzene rings is 1. The molecule has 0 saturated carbocycles. The Kier molecular flexibility index (Phi) is 4.83. The van der Waals surface area contributed by atoms with Crippen LogP contribution in [0.25, 0.3) is 0 Å². The van der Waals surface area contributed by atoms with Crippen LogP contribution < -0.4 is 10.6 Å². The summed E-state index contributed by atoms with van der Waals surface area (Å²) in [6, 6.07) is 8.26. The van der Waals surface area contributed by atoms with Gasteiger partial charge in [-0.1, -0.05) is 36.8 Å². The maximum atomic E-state index is 11.4. The Morgan fingerprint density at radius 3 is 2.50 bits per heavy atom. The summed E-state index contributed by atoms with van der Waals surface area (Å²) in [5, 5.41) is 5.69. The third-order valence-corrected chi connectivity index (χ3v) is 2.56. The maximum Gasteiger partial charge on any atom is 0.315 e. The number of hydrogen-bond donors (Lipinski definition) is 2. The van der Waals surface area contributed by atoms with Gasteiger partial charge in [0, 0.05) is 12.6 Å². The molecule has 1 aromatic rings. The van der Waals surface area contributed by atoms with Crippen molar-refractivity contribution in [3.63, 3.8) is 0 Å². The van der Waals surface area contributed by atoms with E-state index in [0.29, 0.717) is 6.54 Å². The molecule has 2 N–H and O–H groups in total. The molecule has 0 bridgehead atoms. The number of carbonyl (C=O) groups is 1. The summed E-state index contributed by atoms with van der Waals surface area (Å²) in [6.07, 6.45) is 0.942. The highest BCUT2D eigenvalue weighted by atomic mass is 16.2. The minimum atomic E-state index is -0.102. The first-order chi connectivity index (χ1) is 7.61. The molecule has 0 aromatic heterocycles. The molecule has 1 aromatic carbocycles. The summed E-state index contributed by atoms with van der Waals surface area (Å²) in [5.41, 5.74) is 2.35. The standard InChI is InChI=1S/C13H20N2O/c1-4-11(3)15-13(16)14-9-12-7-5-10(2)6-8-12/h5-8,11H,4,9H2,1-3H3,(H2,14,15,16). The molecule has 3 heteroatoms. The van der Waals surface area contributed by atoms with Gasteiger partial charge in [-0.25, -0.2) is 4.79 Å². The van der Waals surface area contributed by atoms with Crippen LogP contribution in [0.15, 0.2) is 24.3 Å². The van der Waals surface area contributed by atoms with E-state index < -0.39 is 0 Å². The number of amides is 2. The molecular formula is C13H20N2O. The second-order valence-corrected chi connectivity index (χ2v) is 4.12. The van der Waals surface area contributed by atoms with Crippen LogP contribution in [0.5, 0.6) is 0 Å². The van der Waals surface area contributed by atoms with Gasteiger partial charge in [-0.05, 0) is 25.8 Å². The highest BCUT2D eigenvalue weighted by Crippen LogP contribution is 2.02. The van der Waals surface area contributed by atoms with Crippen molar-refractivity contribution in [3.05, 3.63) is 35.4 Å². The fourth-order valence-electron chi connectivity index (χ4n) is 1.27. The van der Waals surface area contributed by atoms with Gasteiger partial charge in [-0.2, -0.15) is 0 Å². The van der Waals surface area contributed by atoms with Crippen molar-refractivity contribution in [2.45, 2.75) is 39.8 Å². The zero-order valence-corrected chi connectivity index (χ0v) is 10.2. The van der Waals surface area contributed by atoms with Gasteiger partial charge in [0.25, 0.3) is 0 Å². The van der Waals surface area contributed by atoms with Gasteiger partial charge in [-0.3, -0.25) is 0 Å². The normalized spacial score (nSPS) is 11.9. The van der Waals surface area contributed by atoms with Crippen molar-refractivity contribution in [3.8, 4) is 0 Å². The molecule has 0 radical (unpaired) electrons. The molecule has 0 heterocycles. The van der Waals surface area contributed by atoms with Crippen molar-refractivity contribution < 1.29 is 4.79 Å². The Hall–Kier alpha value is -1.51. The Bertz CT molecular complexity index is 332. The van der Waals surface area contributed by atoms with E-state index in [1.54, 1.807) is 0 Å². The van der Waals surface area contributed by atoms with Crippen molar-refractivity contribution in [2.75, 3.05) is 0 Å². The minimum absolute atomic E-state index is 0.102. The minimum Gasteiger partial charge on any atom is -0.336 e. The molecule has 1 rings (SSSR count). The second-order valence-electron chi connectivity index (χ2n) is 4.12. The third kappa shape index (κ3) is 4.34. The monoisotopic (exact) mass is 220 g/mol. The smallest absolute Gasteiger partial charge is 0.315 e. The van der Waals surface area contributed by atoms with Crippen molar-refractivity contribution in [2.24, 2.45) is 0 Å². The quantitative estimate of drug-likeness (QED) is 0.804. The van der Waals surface area contributed by atoms with Gasteiger partial charge in [-0.15, -0.1) is 0 Å². The van der Waals surface area contributed by atoms with Crippen LogP contribution in [-0.4, -0.2) is 12.1 Å². The summed E-state index contributed by atoms with van der Waals surface area (Å²) in [6.45, 7) is 6.66. The van der Waals surface area contributed by atoms with Crippen LogP contribution in [0.2, 0.25) is 0 Å². The summed E-state index contributed by atoms with van der Waals surface area (Å²) >= 11 is 0. The van der Waals surface area contributed by atoms with Crippen LogP contribution in [0.1, 0.15) is 31.4 Å². The van der Waals surface area contributed by atoms with Crippen LogP contribution in [0.3, 0.4) is 0 Å². The molecular weight excluding hydrogens is 200 g/mol. The number of carbonyl (C=O) groups excluding carboxylic acids is 1. The summed E-state index contributed by atoms with van der Waals surface area (Å²) in [4.78, 5) is 11.4. The zero-order valence-electron chi connectivity index (χ0n) is 10.2. The van der Waals surface area contributed by atoms with Crippen LogP contribution in [0.4, 0.5) is 4.79 Å². The topological polar surface area (TPSA) is 41.1 Å². The average Bonchev–Trinajstić information content (AvgIpc) is 2.28. The largest absolute Gasteiger partial charge is 0.336 e. The Morgan fingerprint density at radius 1 is 1.31 bits per heavy atom. The molecule has 16 heavy (non-hydrogen) atoms. The first-order valence-electron chi connectivity index (χ1n) is 5.71. The maximum absolute atomic E-state index is 11.4. The predicted molar refractivity (Wildman–Crippen MR) is 66.3 cm³/mol. The molecule has 88 valence electrons. The molecule has 2 amide bonds. The molecule has 1 atom stereocenters. The molecule has 0 fully saturated rings. The molecule has 0 saturated heterocycles. The van der Waals surface area contributed by atoms with Crippen LogP contribution in [0, 0.1) is 6.92 Å². The lowest BCUT2D eigenvalue weighted by Gasteiger charge is -2.12. The molecule has 0 aliphatic heterocycles. The van der Waals surface area contributed by atoms with E-state index in [0.717, 1.165) is 12.0 Å². The van der Waals surface area contributed by atoms with Crippen molar-refractivity contribution >= 4 is 6.03 Å². The van der Waals surface area contributed by atoms with E-state index in [9.17, 15) is 4.79 Å². The molecule has 3 nitrogen and oxygen atoms in total. The van der Waals surface area contributed by atoms with E-state index >= 15 is 0 Å². The third-order valence-electron chi connectivity index (χ3n) is 2.56. The summed E-state index contributed by atoms with van der Waals surface area (Å²) < 4.78 is 0. The Labute approximate surface area is 97.2 Å². The lowest BCUT2D eigenvalue weighted by molar-refractivity contribution is 0.237. The lowest BCUT2D eigenvalue weighted by atomic mass is 10.1. The fourth-order valence-corrected chi connectivity index (χ4v) is 1.27. The van der Waals surface area contributed by atoms with E-state index in [-0.39, 0.29) is 12.1 Å². The number of urea groups is 1. The Morgan fingerprint density at radius 2 is 1.94 bits per heavy atom. The molecule has 1 unspecified atom stereocenters. The van der Waals surface area contributed by atoms with E-state index in [4.69, 9.17) is 0 Å². The van der Waals surface area contributed by atoms with E-state index in [1.165, 1.54) is 5.56 Å². The van der Waals surface area contributed by atoms with Gasteiger partial charge < -0.3 is 10.6 Å². The number of aryl methyl sites for hydroxylation is 1. The summed E-state index contributed by atoms with van der Waals surface area (Å²) in [5.74, 6) is 0. The highest BCUT2D eigenvalue weighted by molar-refractivity contribution is 5.74. The first-order valence-corrected chi connectivity index (χ1v) is 5.71. The van der Waals surface area contributed by atoms with Crippen LogP contribution in [-0.2, 0) is 6.54 Å². The van der Waals surface area contributed by atoms with Gasteiger partial charge in [0.05, 0.1) is 0 Å². The summed E-state index contributed by atoms with van der Waals surface area (Å²) in [7, 11) is 0. The SMILES string of the molecule is CCC(C)NC(=O)NCc1ccc(C)cc1. The van der Waals surface area contributed by atoms with E-state index in [2.05, 4.69) is 10.6 Å². The van der Waals surface area contributed by atoms with E-state index in [1.807, 2.05) is 45.0 Å². The molecule has 0 aliphatic rings. The number of hydrogen-bond acceptors (Lipinski definition) is 1. The van der Waals surface area contributed by atoms with Crippen molar-refractivity contribution in [1.82, 2.24) is 10.6 Å². The number of nitrogens with one attached hydrogen (secondary N) is 2. The second kappa shape index (κ2) is 6.16. The van der Waals surface area contributed by atoms with Gasteiger partial charge >= 0.3 is 6.03 Å². The fraction of sp³-hybridized carbons (Fsp3) is 0.462. The number of rotatable bonds is 4. The predicted octanol–water partition coefficient (Wildman–Crippen LogP) is 2.59. The molecule has 0 aliphatic carbocycles. The Balaban J connectivity index is 2.34. The van der Waals surface area contributed by atoms with Gasteiger partial charge in [0.15, 0.2) is 0 Å². The van der Waals surface area contributed by atoms with Gasteiger partial charge in [0.2, 0.25) is 0 Å². The van der Waals surface area contributed by atoms with Crippen LogP contribution >= 0.6 is 0 Å². The highest BCUT2D eigenvalue weighted by Gasteiger charge is 2.03.